The Morgan fingerprint density at radius 2 is 1.10 bits per heavy atom. The maximum Gasteiger partial charge on any atom is 0.479 e. The quantitative estimate of drug-likeness (QED) is 0.0731. The Hall–Kier alpha value is -5.86. The Labute approximate surface area is 391 Å². The van der Waals surface area contributed by atoms with Crippen molar-refractivity contribution in [3.8, 4) is 0 Å². The number of nitrogens with zero attached hydrogens (tertiary/aromatic N) is 8. The van der Waals surface area contributed by atoms with Crippen LogP contribution in [0.3, 0.4) is 0 Å². The predicted molar refractivity (Wildman–Crippen MR) is 238 cm³/mol. The molecule has 6 aromatic rings. The first kappa shape index (κ1) is 46.8. The van der Waals surface area contributed by atoms with Gasteiger partial charge in [-0.15, -0.1) is 0 Å². The lowest BCUT2D eigenvalue weighted by molar-refractivity contribution is -0.152. The van der Waals surface area contributed by atoms with Gasteiger partial charge in [0.1, 0.15) is 43.2 Å². The maximum atomic E-state index is 13.7. The predicted octanol–water partition coefficient (Wildman–Crippen LogP) is 4.42. The second-order valence-corrected chi connectivity index (χ2v) is 19.6. The van der Waals surface area contributed by atoms with E-state index < -0.39 is 102 Å². The largest absolute Gasteiger partial charge is 0.479 e. The SMILES string of the molecule is CCNC(=O)Nc1ncnc2c1ncn2C1O[C@H](COP(=O)(O)OP(=O)(O)CC[C@H]2O[C@@H](n3cnc4c(NC(=O)NCC)ncnc43)C3OC(c4ccccc4)OC32)C2OC(c3ccccc3)OC21. The molecule has 10 rings (SSSR count). The zero-order valence-corrected chi connectivity index (χ0v) is 38.4. The number of ether oxygens (including phenoxy) is 6. The fraction of sp³-hybridized carbons (Fsp3) is 0.415. The second kappa shape index (κ2) is 19.5. The summed E-state index contributed by atoms with van der Waals surface area (Å²) in [6.45, 7) is 3.65. The van der Waals surface area contributed by atoms with Gasteiger partial charge in [-0.3, -0.25) is 28.9 Å². The molecule has 4 amide bonds. The Kier molecular flexibility index (Phi) is 13.2. The third-order valence-corrected chi connectivity index (χ3v) is 14.7. The highest BCUT2D eigenvalue weighted by Crippen LogP contribution is 2.61. The highest BCUT2D eigenvalue weighted by molar-refractivity contribution is 7.64. The van der Waals surface area contributed by atoms with Crippen molar-refractivity contribution in [3.63, 3.8) is 0 Å². The third kappa shape index (κ3) is 9.71. The average molecular weight is 993 g/mol. The Bertz CT molecular complexity index is 2730. The average Bonchev–Trinajstić information content (AvgIpc) is 4.20. The van der Waals surface area contributed by atoms with Crippen LogP contribution < -0.4 is 21.3 Å². The normalized spacial score (nSPS) is 27.9. The van der Waals surface area contributed by atoms with Gasteiger partial charge in [0.15, 0.2) is 59.0 Å². The lowest BCUT2D eigenvalue weighted by Gasteiger charge is -2.23. The van der Waals surface area contributed by atoms with Crippen LogP contribution in [0.2, 0.25) is 0 Å². The number of rotatable bonds is 16. The number of aromatic nitrogens is 8. The number of carbonyl (C=O) groups excluding carboxylic acids is 2. The van der Waals surface area contributed by atoms with Gasteiger partial charge in [-0.1, -0.05) is 60.7 Å². The number of amides is 4. The summed E-state index contributed by atoms with van der Waals surface area (Å²) in [5.41, 5.74) is 2.48. The molecule has 4 fully saturated rings. The van der Waals surface area contributed by atoms with Gasteiger partial charge in [-0.2, -0.15) is 0 Å². The molecule has 0 radical (unpaired) electrons. The molecule has 0 spiro atoms. The first-order valence-corrected chi connectivity index (χ1v) is 25.1. The number of fused-ring (bicyclic) bond motifs is 4. The highest BCUT2D eigenvalue weighted by Gasteiger charge is 2.56. The van der Waals surface area contributed by atoms with Crippen LogP contribution in [0.4, 0.5) is 21.2 Å². The van der Waals surface area contributed by atoms with E-state index in [1.807, 2.05) is 60.7 Å². The molecular weight excluding hydrogens is 946 g/mol. The molecule has 28 heteroatoms. The molecule has 69 heavy (non-hydrogen) atoms. The number of carbonyl (C=O) groups is 2. The third-order valence-electron chi connectivity index (χ3n) is 11.6. The Morgan fingerprint density at radius 3 is 1.59 bits per heavy atom. The van der Waals surface area contributed by atoms with Crippen molar-refractivity contribution in [2.24, 2.45) is 0 Å². The minimum Gasteiger partial charge on any atom is -0.349 e. The molecule has 2 aromatic carbocycles. The topological polar surface area (TPSA) is 318 Å². The van der Waals surface area contributed by atoms with E-state index >= 15 is 0 Å². The molecule has 26 nitrogen and oxygen atoms in total. The van der Waals surface area contributed by atoms with E-state index in [9.17, 15) is 28.5 Å². The molecular formula is C41H46N12O14P2. The van der Waals surface area contributed by atoms with Crippen LogP contribution in [-0.2, 0) is 46.4 Å². The molecule has 6 N–H and O–H groups in total. The van der Waals surface area contributed by atoms with Crippen LogP contribution in [0.5, 0.6) is 0 Å². The van der Waals surface area contributed by atoms with Gasteiger partial charge in [-0.05, 0) is 20.3 Å². The fourth-order valence-electron chi connectivity index (χ4n) is 8.59. The fourth-order valence-corrected chi connectivity index (χ4v) is 11.3. The van der Waals surface area contributed by atoms with Crippen molar-refractivity contribution in [2.75, 3.05) is 36.5 Å². The van der Waals surface area contributed by atoms with E-state index in [0.717, 1.165) is 0 Å². The first-order valence-electron chi connectivity index (χ1n) is 21.9. The molecule has 4 aliphatic rings. The summed E-state index contributed by atoms with van der Waals surface area (Å²) in [6.07, 6.45) is -4.45. The number of anilines is 2. The van der Waals surface area contributed by atoms with Crippen molar-refractivity contribution >= 4 is 61.4 Å². The molecule has 0 saturated carbocycles. The van der Waals surface area contributed by atoms with Crippen LogP contribution in [-0.4, -0.2) is 123 Å². The van der Waals surface area contributed by atoms with E-state index in [0.29, 0.717) is 29.9 Å². The van der Waals surface area contributed by atoms with Gasteiger partial charge in [0.2, 0.25) is 0 Å². The van der Waals surface area contributed by atoms with Crippen LogP contribution in [0.1, 0.15) is 56.4 Å². The molecule has 9 unspecified atom stereocenters. The van der Waals surface area contributed by atoms with E-state index in [4.69, 9.17) is 37.3 Å². The smallest absolute Gasteiger partial charge is 0.349 e. The van der Waals surface area contributed by atoms with Crippen molar-refractivity contribution < 1.29 is 65.8 Å². The summed E-state index contributed by atoms with van der Waals surface area (Å²) in [6, 6.07) is 17.3. The van der Waals surface area contributed by atoms with Crippen molar-refractivity contribution in [2.45, 2.75) is 81.9 Å². The lowest BCUT2D eigenvalue weighted by Crippen LogP contribution is -2.31. The van der Waals surface area contributed by atoms with Crippen molar-refractivity contribution in [1.82, 2.24) is 49.7 Å². The lowest BCUT2D eigenvalue weighted by atomic mass is 10.1. The molecule has 4 aromatic heterocycles. The Morgan fingerprint density at radius 1 is 0.638 bits per heavy atom. The van der Waals surface area contributed by atoms with Gasteiger partial charge in [-0.25, -0.2) is 48.4 Å². The standard InChI is InChI=1S/C41H46N12O14P2/c1-3-42-40(54)50-32-26-34(46-18-44-32)52(20-48-26)36-30-28(63-38(65-30)22-11-7-5-8-12-22)24(61-36)15-16-68(56,57)67-69(58,59)60-17-25-29-31(66-39(64-29)23-13-9-6-10-14-23)37(62-25)53-21-49-27-33(45-19-47-35(27)53)51-41(55)43-4-2/h5-14,18-21,24-25,28-31,36-39H,3-4,15-17H2,1-2H3,(H,56,57)(H,58,59)(H2,42,44,46,50,54)(H2,43,45,47,51,55)/t24-,25-,28?,29?,30?,31?,36-,37?,38?,39?/m1/s1. The Balaban J connectivity index is 0.832. The van der Waals surface area contributed by atoms with Crippen LogP contribution >= 0.6 is 15.4 Å². The summed E-state index contributed by atoms with van der Waals surface area (Å²) in [7, 11) is -10.2. The number of hydrogen-bond acceptors (Lipinski definition) is 18. The van der Waals surface area contributed by atoms with Gasteiger partial charge in [0, 0.05) is 24.2 Å². The van der Waals surface area contributed by atoms with E-state index in [1.54, 1.807) is 23.0 Å². The summed E-state index contributed by atoms with van der Waals surface area (Å²) < 4.78 is 78.9. The van der Waals surface area contributed by atoms with E-state index in [-0.39, 0.29) is 34.7 Å². The number of benzene rings is 2. The molecule has 12 atom stereocenters. The molecule has 0 aliphatic carbocycles. The minimum absolute atomic E-state index is 0.139. The van der Waals surface area contributed by atoms with Crippen molar-refractivity contribution in [1.29, 1.82) is 0 Å². The summed E-state index contributed by atoms with van der Waals surface area (Å²) in [5, 5.41) is 10.6. The van der Waals surface area contributed by atoms with Gasteiger partial charge in [0.25, 0.3) is 0 Å². The van der Waals surface area contributed by atoms with Crippen LogP contribution in [0.15, 0.2) is 86.0 Å². The van der Waals surface area contributed by atoms with Crippen LogP contribution in [0, 0.1) is 0 Å². The van der Waals surface area contributed by atoms with E-state index in [1.165, 1.54) is 25.3 Å². The number of phosphoric ester groups is 1. The van der Waals surface area contributed by atoms with Crippen molar-refractivity contribution in [3.05, 3.63) is 97.1 Å². The first-order chi connectivity index (χ1) is 33.4. The molecule has 0 bridgehead atoms. The number of urea groups is 2. The number of nitrogens with one attached hydrogen (secondary N) is 4. The maximum absolute atomic E-state index is 13.7. The summed E-state index contributed by atoms with van der Waals surface area (Å²) >= 11 is 0. The molecule has 8 heterocycles. The second-order valence-electron chi connectivity index (χ2n) is 16.1. The van der Waals surface area contributed by atoms with Gasteiger partial charge in [0.05, 0.1) is 31.5 Å². The number of hydrogen-bond donors (Lipinski definition) is 6. The molecule has 364 valence electrons. The van der Waals surface area contributed by atoms with Gasteiger partial charge < -0.3 is 48.8 Å². The monoisotopic (exact) mass is 992 g/mol. The molecule has 4 aliphatic heterocycles. The minimum atomic E-state index is -5.29. The van der Waals surface area contributed by atoms with E-state index in [2.05, 4.69) is 51.2 Å². The van der Waals surface area contributed by atoms with Crippen LogP contribution in [0.25, 0.3) is 22.3 Å². The summed E-state index contributed by atoms with van der Waals surface area (Å²) in [5.74, 6) is 0.291. The number of phosphoric acid groups is 1. The zero-order valence-electron chi connectivity index (χ0n) is 36.7. The van der Waals surface area contributed by atoms with Gasteiger partial charge >= 0.3 is 27.5 Å². The zero-order chi connectivity index (χ0) is 47.9. The summed E-state index contributed by atoms with van der Waals surface area (Å²) in [4.78, 5) is 72.6. The number of imidazole rings is 2. The highest BCUT2D eigenvalue weighted by atomic mass is 31.3. The molecule has 4 saturated heterocycles.